The van der Waals surface area contributed by atoms with Crippen molar-refractivity contribution in [1.82, 2.24) is 4.98 Å². The van der Waals surface area contributed by atoms with E-state index in [0.717, 1.165) is 16.7 Å². The number of thiazole rings is 1. The molecule has 0 unspecified atom stereocenters. The maximum atomic E-state index is 5.60. The molecule has 0 spiro atoms. The highest BCUT2D eigenvalue weighted by atomic mass is 32.1. The van der Waals surface area contributed by atoms with Gasteiger partial charge in [0, 0.05) is 25.0 Å². The molecule has 0 atom stereocenters. The summed E-state index contributed by atoms with van der Waals surface area (Å²) in [5.74, 6) is 0.954. The van der Waals surface area contributed by atoms with E-state index in [9.17, 15) is 0 Å². The Morgan fingerprint density at radius 1 is 1.41 bits per heavy atom. The summed E-state index contributed by atoms with van der Waals surface area (Å²) in [5, 5.41) is 3.20. The molecule has 2 N–H and O–H groups in total. The summed E-state index contributed by atoms with van der Waals surface area (Å²) < 4.78 is 0. The number of nitrogens with two attached hydrogens (primary N) is 1. The minimum atomic E-state index is 0.549. The summed E-state index contributed by atoms with van der Waals surface area (Å²) >= 11 is 1.72. The Bertz CT molecular complexity index is 342. The Balaban J connectivity index is 1.94. The van der Waals surface area contributed by atoms with Crippen LogP contribution in [-0.4, -0.2) is 18.1 Å². The third kappa shape index (κ3) is 2.99. The van der Waals surface area contributed by atoms with E-state index in [1.165, 1.54) is 32.1 Å². The lowest BCUT2D eigenvalue weighted by molar-refractivity contribution is 0.313. The van der Waals surface area contributed by atoms with Crippen molar-refractivity contribution in [2.75, 3.05) is 11.9 Å². The second-order valence-electron chi connectivity index (χ2n) is 5.02. The molecule has 3 nitrogen and oxygen atoms in total. The van der Waals surface area contributed by atoms with Gasteiger partial charge in [-0.1, -0.05) is 13.3 Å². The Morgan fingerprint density at radius 2 is 2.12 bits per heavy atom. The van der Waals surface area contributed by atoms with E-state index in [1.54, 1.807) is 11.3 Å². The van der Waals surface area contributed by atoms with Crippen LogP contribution in [-0.2, 0) is 6.54 Å². The van der Waals surface area contributed by atoms with Crippen molar-refractivity contribution >= 4 is 16.5 Å². The lowest BCUT2D eigenvalue weighted by atomic mass is 9.84. The number of hydrogen-bond acceptors (Lipinski definition) is 4. The third-order valence-electron chi connectivity index (χ3n) is 3.99. The summed E-state index contributed by atoms with van der Waals surface area (Å²) in [6, 6.07) is 0.676. The van der Waals surface area contributed by atoms with E-state index in [4.69, 9.17) is 5.73 Å². The summed E-state index contributed by atoms with van der Waals surface area (Å²) in [7, 11) is 2.18. The SMILES string of the molecule is CCC1CCC(N(C)c2nc(CN)cs2)CC1. The number of aromatic nitrogens is 1. The molecule has 0 amide bonds. The molecule has 96 valence electrons. The molecule has 1 fully saturated rings. The molecule has 4 heteroatoms. The van der Waals surface area contributed by atoms with E-state index in [0.29, 0.717) is 12.6 Å². The molecule has 1 aliphatic rings. The minimum absolute atomic E-state index is 0.549. The van der Waals surface area contributed by atoms with Gasteiger partial charge in [0.25, 0.3) is 0 Å². The molecule has 0 radical (unpaired) electrons. The first-order valence-electron chi connectivity index (χ1n) is 6.61. The predicted molar refractivity (Wildman–Crippen MR) is 74.4 cm³/mol. The standard InChI is InChI=1S/C13H23N3S/c1-3-10-4-6-12(7-5-10)16(2)13-15-11(8-14)9-17-13/h9-10,12H,3-8,14H2,1-2H3. The van der Waals surface area contributed by atoms with E-state index in [2.05, 4.69) is 29.2 Å². The van der Waals surface area contributed by atoms with E-state index < -0.39 is 0 Å². The van der Waals surface area contributed by atoms with Gasteiger partial charge in [0.15, 0.2) is 5.13 Å². The molecule has 0 aromatic carbocycles. The summed E-state index contributed by atoms with van der Waals surface area (Å²) in [5.41, 5.74) is 6.62. The molecular weight excluding hydrogens is 230 g/mol. The molecule has 17 heavy (non-hydrogen) atoms. The molecule has 0 bridgehead atoms. The average Bonchev–Trinajstić information content (AvgIpc) is 2.87. The van der Waals surface area contributed by atoms with E-state index in [-0.39, 0.29) is 0 Å². The fourth-order valence-corrected chi connectivity index (χ4v) is 3.52. The number of rotatable bonds is 4. The number of hydrogen-bond donors (Lipinski definition) is 1. The second-order valence-corrected chi connectivity index (χ2v) is 5.86. The Hall–Kier alpha value is -0.610. The zero-order valence-corrected chi connectivity index (χ0v) is 11.7. The lowest BCUT2D eigenvalue weighted by Gasteiger charge is -2.34. The van der Waals surface area contributed by atoms with Crippen LogP contribution in [0.2, 0.25) is 0 Å². The summed E-state index contributed by atoms with van der Waals surface area (Å²) in [6.07, 6.45) is 6.71. The van der Waals surface area contributed by atoms with Gasteiger partial charge in [-0.15, -0.1) is 11.3 Å². The Labute approximate surface area is 108 Å². The van der Waals surface area contributed by atoms with Crippen LogP contribution in [0.4, 0.5) is 5.13 Å². The minimum Gasteiger partial charge on any atom is -0.348 e. The topological polar surface area (TPSA) is 42.2 Å². The van der Waals surface area contributed by atoms with Crippen LogP contribution in [0.3, 0.4) is 0 Å². The van der Waals surface area contributed by atoms with Gasteiger partial charge in [0.05, 0.1) is 5.69 Å². The van der Waals surface area contributed by atoms with Crippen molar-refractivity contribution in [1.29, 1.82) is 0 Å². The highest BCUT2D eigenvalue weighted by Crippen LogP contribution is 2.32. The lowest BCUT2D eigenvalue weighted by Crippen LogP contribution is -2.35. The van der Waals surface area contributed by atoms with Gasteiger partial charge in [-0.2, -0.15) is 0 Å². The highest BCUT2D eigenvalue weighted by Gasteiger charge is 2.24. The third-order valence-corrected chi connectivity index (χ3v) is 4.97. The quantitative estimate of drug-likeness (QED) is 0.897. The van der Waals surface area contributed by atoms with E-state index >= 15 is 0 Å². The summed E-state index contributed by atoms with van der Waals surface area (Å²) in [4.78, 5) is 6.92. The van der Waals surface area contributed by atoms with Crippen molar-refractivity contribution in [3.05, 3.63) is 11.1 Å². The van der Waals surface area contributed by atoms with Crippen molar-refractivity contribution < 1.29 is 0 Å². The normalized spacial score (nSPS) is 24.9. The highest BCUT2D eigenvalue weighted by molar-refractivity contribution is 7.13. The molecule has 0 saturated heterocycles. The Kier molecular flexibility index (Phi) is 4.40. The number of nitrogens with zero attached hydrogens (tertiary/aromatic N) is 2. The van der Waals surface area contributed by atoms with Gasteiger partial charge in [-0.05, 0) is 31.6 Å². The van der Waals surface area contributed by atoms with Crippen LogP contribution in [0.15, 0.2) is 5.38 Å². The molecule has 2 rings (SSSR count). The van der Waals surface area contributed by atoms with Gasteiger partial charge >= 0.3 is 0 Å². The Morgan fingerprint density at radius 3 is 2.65 bits per heavy atom. The first kappa shape index (κ1) is 12.8. The smallest absolute Gasteiger partial charge is 0.185 e. The van der Waals surface area contributed by atoms with Crippen molar-refractivity contribution in [2.24, 2.45) is 11.7 Å². The van der Waals surface area contributed by atoms with E-state index in [1.807, 2.05) is 0 Å². The van der Waals surface area contributed by atoms with Crippen molar-refractivity contribution in [3.63, 3.8) is 0 Å². The largest absolute Gasteiger partial charge is 0.348 e. The molecule has 1 aliphatic carbocycles. The zero-order chi connectivity index (χ0) is 12.3. The maximum absolute atomic E-state index is 5.60. The van der Waals surface area contributed by atoms with Crippen LogP contribution < -0.4 is 10.6 Å². The van der Waals surface area contributed by atoms with Crippen LogP contribution in [0, 0.1) is 5.92 Å². The van der Waals surface area contributed by atoms with Crippen molar-refractivity contribution in [3.8, 4) is 0 Å². The fraction of sp³-hybridized carbons (Fsp3) is 0.769. The first-order valence-corrected chi connectivity index (χ1v) is 7.49. The van der Waals surface area contributed by atoms with Gasteiger partial charge in [-0.3, -0.25) is 0 Å². The molecule has 1 heterocycles. The van der Waals surface area contributed by atoms with Gasteiger partial charge in [-0.25, -0.2) is 4.98 Å². The predicted octanol–water partition coefficient (Wildman–Crippen LogP) is 3.01. The molecule has 1 saturated carbocycles. The number of anilines is 1. The van der Waals surface area contributed by atoms with Crippen LogP contribution in [0.5, 0.6) is 0 Å². The molecule has 0 aliphatic heterocycles. The van der Waals surface area contributed by atoms with Gasteiger partial charge < -0.3 is 10.6 Å². The molecular formula is C13H23N3S. The molecule has 1 aromatic heterocycles. The van der Waals surface area contributed by atoms with Crippen molar-refractivity contribution in [2.45, 2.75) is 51.6 Å². The average molecular weight is 253 g/mol. The van der Waals surface area contributed by atoms with Crippen LogP contribution in [0.1, 0.15) is 44.7 Å². The van der Waals surface area contributed by atoms with Gasteiger partial charge in [0.1, 0.15) is 0 Å². The second kappa shape index (κ2) is 5.83. The summed E-state index contributed by atoms with van der Waals surface area (Å²) in [6.45, 7) is 2.86. The first-order chi connectivity index (χ1) is 8.24. The fourth-order valence-electron chi connectivity index (χ4n) is 2.65. The monoisotopic (exact) mass is 253 g/mol. The molecule has 1 aromatic rings. The van der Waals surface area contributed by atoms with Crippen LogP contribution in [0.25, 0.3) is 0 Å². The zero-order valence-electron chi connectivity index (χ0n) is 10.9. The maximum Gasteiger partial charge on any atom is 0.185 e. The van der Waals surface area contributed by atoms with Gasteiger partial charge in [0.2, 0.25) is 0 Å². The van der Waals surface area contributed by atoms with Crippen LogP contribution >= 0.6 is 11.3 Å².